The molecule has 1 aliphatic rings. The molecule has 5 rings (SSSR count). The number of benzene rings is 4. The summed E-state index contributed by atoms with van der Waals surface area (Å²) in [5, 5.41) is 0. The van der Waals surface area contributed by atoms with E-state index in [1.807, 2.05) is 42.5 Å². The van der Waals surface area contributed by atoms with Gasteiger partial charge in [0.25, 0.3) is 0 Å². The Labute approximate surface area is 163 Å². The first-order chi connectivity index (χ1) is 13.7. The summed E-state index contributed by atoms with van der Waals surface area (Å²) < 4.78 is 0. The van der Waals surface area contributed by atoms with Crippen molar-refractivity contribution in [3.63, 3.8) is 0 Å². The highest BCUT2D eigenvalue weighted by molar-refractivity contribution is 6.28. The van der Waals surface area contributed by atoms with Crippen LogP contribution in [-0.2, 0) is 0 Å². The van der Waals surface area contributed by atoms with E-state index in [1.165, 1.54) is 0 Å². The molecule has 0 unspecified atom stereocenters. The van der Waals surface area contributed by atoms with Crippen LogP contribution in [0.3, 0.4) is 0 Å². The van der Waals surface area contributed by atoms with E-state index in [0.717, 1.165) is 22.3 Å². The Bertz CT molecular complexity index is 1220. The number of carbonyl (C=O) groups excluding carboxylic acids is 2. The molecule has 2 heteroatoms. The van der Waals surface area contributed by atoms with E-state index in [1.54, 1.807) is 30.3 Å². The van der Waals surface area contributed by atoms with Gasteiger partial charge in [-0.15, -0.1) is 0 Å². The Balaban J connectivity index is 1.55. The van der Waals surface area contributed by atoms with Gasteiger partial charge in [0.15, 0.2) is 11.6 Å². The van der Waals surface area contributed by atoms with Crippen molar-refractivity contribution in [3.8, 4) is 22.3 Å². The largest absolute Gasteiger partial charge is 0.289 e. The highest BCUT2D eigenvalue weighted by Gasteiger charge is 2.29. The van der Waals surface area contributed by atoms with Crippen molar-refractivity contribution in [2.24, 2.45) is 0 Å². The van der Waals surface area contributed by atoms with Gasteiger partial charge in [-0.1, -0.05) is 84.9 Å². The van der Waals surface area contributed by atoms with E-state index in [-0.39, 0.29) is 11.6 Å². The van der Waals surface area contributed by atoms with E-state index >= 15 is 0 Å². The number of hydrogen-bond acceptors (Lipinski definition) is 2. The summed E-state index contributed by atoms with van der Waals surface area (Å²) in [6.07, 6.45) is 0. The van der Waals surface area contributed by atoms with Gasteiger partial charge >= 0.3 is 0 Å². The van der Waals surface area contributed by atoms with Gasteiger partial charge in [0, 0.05) is 22.3 Å². The van der Waals surface area contributed by atoms with Crippen LogP contribution in [0.5, 0.6) is 0 Å². The molecule has 2 nitrogen and oxygen atoms in total. The molecule has 132 valence electrons. The SMILES string of the molecule is O=C1c2ccccc2C(=O)c2cc(-c3ccc(-c4ccccc4)cc3)ccc21. The minimum absolute atomic E-state index is 0.0869. The fraction of sp³-hybridized carbons (Fsp3) is 0. The van der Waals surface area contributed by atoms with Gasteiger partial charge in [0.05, 0.1) is 0 Å². The summed E-state index contributed by atoms with van der Waals surface area (Å²) in [5.74, 6) is -0.177. The molecule has 4 aromatic rings. The van der Waals surface area contributed by atoms with Gasteiger partial charge in [-0.3, -0.25) is 9.59 Å². The van der Waals surface area contributed by atoms with Gasteiger partial charge < -0.3 is 0 Å². The molecule has 0 bridgehead atoms. The monoisotopic (exact) mass is 360 g/mol. The topological polar surface area (TPSA) is 34.1 Å². The van der Waals surface area contributed by atoms with Crippen molar-refractivity contribution in [2.45, 2.75) is 0 Å². The minimum atomic E-state index is -0.0899. The van der Waals surface area contributed by atoms with E-state index in [2.05, 4.69) is 24.3 Å². The first-order valence-corrected chi connectivity index (χ1v) is 9.21. The maximum absolute atomic E-state index is 12.9. The molecule has 0 saturated carbocycles. The zero-order valence-corrected chi connectivity index (χ0v) is 15.1. The summed E-state index contributed by atoms with van der Waals surface area (Å²) in [7, 11) is 0. The second-order valence-electron chi connectivity index (χ2n) is 6.91. The lowest BCUT2D eigenvalue weighted by Gasteiger charge is -2.18. The van der Waals surface area contributed by atoms with Crippen molar-refractivity contribution in [1.82, 2.24) is 0 Å². The summed E-state index contributed by atoms with van der Waals surface area (Å²) in [6.45, 7) is 0. The zero-order valence-electron chi connectivity index (χ0n) is 15.1. The predicted molar refractivity (Wildman–Crippen MR) is 111 cm³/mol. The zero-order chi connectivity index (χ0) is 19.1. The van der Waals surface area contributed by atoms with Crippen molar-refractivity contribution in [1.29, 1.82) is 0 Å². The minimum Gasteiger partial charge on any atom is -0.289 e. The summed E-state index contributed by atoms with van der Waals surface area (Å²) in [4.78, 5) is 25.7. The Morgan fingerprint density at radius 2 is 0.786 bits per heavy atom. The van der Waals surface area contributed by atoms with Gasteiger partial charge in [0.1, 0.15) is 0 Å². The van der Waals surface area contributed by atoms with Gasteiger partial charge in [-0.25, -0.2) is 0 Å². The predicted octanol–water partition coefficient (Wildman–Crippen LogP) is 5.80. The molecule has 28 heavy (non-hydrogen) atoms. The van der Waals surface area contributed by atoms with Crippen molar-refractivity contribution >= 4 is 11.6 Å². The summed E-state index contributed by atoms with van der Waals surface area (Å²) in [5.41, 5.74) is 6.18. The first-order valence-electron chi connectivity index (χ1n) is 9.21. The van der Waals surface area contributed by atoms with Gasteiger partial charge in [0.2, 0.25) is 0 Å². The third kappa shape index (κ3) is 2.58. The van der Waals surface area contributed by atoms with Crippen LogP contribution >= 0.6 is 0 Å². The molecule has 0 radical (unpaired) electrons. The van der Waals surface area contributed by atoms with E-state index in [0.29, 0.717) is 22.3 Å². The van der Waals surface area contributed by atoms with Crippen molar-refractivity contribution in [3.05, 3.63) is 119 Å². The van der Waals surface area contributed by atoms with Crippen LogP contribution in [0.1, 0.15) is 31.8 Å². The van der Waals surface area contributed by atoms with Crippen LogP contribution in [0.15, 0.2) is 97.1 Å². The maximum atomic E-state index is 12.9. The molecule has 0 saturated heterocycles. The lowest BCUT2D eigenvalue weighted by molar-refractivity contribution is 0.0979. The third-order valence-corrected chi connectivity index (χ3v) is 5.25. The maximum Gasteiger partial charge on any atom is 0.194 e. The van der Waals surface area contributed by atoms with E-state index in [9.17, 15) is 9.59 Å². The second kappa shape index (κ2) is 6.43. The number of ketones is 2. The average Bonchev–Trinajstić information content (AvgIpc) is 2.78. The lowest BCUT2D eigenvalue weighted by atomic mass is 9.83. The first kappa shape index (κ1) is 16.4. The summed E-state index contributed by atoms with van der Waals surface area (Å²) >= 11 is 0. The molecule has 0 aliphatic heterocycles. The molecule has 0 fully saturated rings. The highest BCUT2D eigenvalue weighted by atomic mass is 16.1. The van der Waals surface area contributed by atoms with Crippen molar-refractivity contribution < 1.29 is 9.59 Å². The fourth-order valence-corrected chi connectivity index (χ4v) is 3.76. The number of carbonyl (C=O) groups is 2. The Kier molecular flexibility index (Phi) is 3.77. The van der Waals surface area contributed by atoms with Gasteiger partial charge in [-0.2, -0.15) is 0 Å². The van der Waals surface area contributed by atoms with E-state index in [4.69, 9.17) is 0 Å². The molecular formula is C26H16O2. The lowest BCUT2D eigenvalue weighted by Crippen LogP contribution is -2.20. The van der Waals surface area contributed by atoms with Crippen LogP contribution in [0.2, 0.25) is 0 Å². The van der Waals surface area contributed by atoms with Crippen LogP contribution < -0.4 is 0 Å². The molecule has 4 aromatic carbocycles. The van der Waals surface area contributed by atoms with E-state index < -0.39 is 0 Å². The Morgan fingerprint density at radius 3 is 1.43 bits per heavy atom. The Morgan fingerprint density at radius 1 is 0.357 bits per heavy atom. The molecular weight excluding hydrogens is 344 g/mol. The molecule has 0 atom stereocenters. The fourth-order valence-electron chi connectivity index (χ4n) is 3.76. The highest BCUT2D eigenvalue weighted by Crippen LogP contribution is 2.31. The smallest absolute Gasteiger partial charge is 0.194 e. The number of hydrogen-bond donors (Lipinski definition) is 0. The molecule has 0 amide bonds. The Hall–Kier alpha value is -3.78. The van der Waals surface area contributed by atoms with Crippen LogP contribution in [0.4, 0.5) is 0 Å². The standard InChI is InChI=1S/C26H16O2/c27-25-21-8-4-5-9-22(21)26(28)24-16-20(14-15-23(24)25)19-12-10-18(11-13-19)17-6-2-1-3-7-17/h1-16H. The van der Waals surface area contributed by atoms with Crippen molar-refractivity contribution in [2.75, 3.05) is 0 Å². The van der Waals surface area contributed by atoms with Crippen LogP contribution in [0, 0.1) is 0 Å². The quantitative estimate of drug-likeness (QED) is 0.399. The molecule has 0 heterocycles. The number of fused-ring (bicyclic) bond motifs is 2. The normalized spacial score (nSPS) is 12.4. The molecule has 1 aliphatic carbocycles. The summed E-state index contributed by atoms with van der Waals surface area (Å²) in [6, 6.07) is 31.0. The average molecular weight is 360 g/mol. The number of rotatable bonds is 2. The third-order valence-electron chi connectivity index (χ3n) is 5.25. The van der Waals surface area contributed by atoms with Gasteiger partial charge in [-0.05, 0) is 34.4 Å². The molecule has 0 spiro atoms. The molecule has 0 aromatic heterocycles. The second-order valence-corrected chi connectivity index (χ2v) is 6.91. The van der Waals surface area contributed by atoms with Crippen LogP contribution in [0.25, 0.3) is 22.3 Å². The molecule has 0 N–H and O–H groups in total. The van der Waals surface area contributed by atoms with Crippen LogP contribution in [-0.4, -0.2) is 11.6 Å².